The van der Waals surface area contributed by atoms with Crippen LogP contribution in [0.5, 0.6) is 23.0 Å². The lowest BCUT2D eigenvalue weighted by Gasteiger charge is -2.12. The molecule has 0 atom stereocenters. The van der Waals surface area contributed by atoms with E-state index in [0.29, 0.717) is 17.2 Å². The minimum atomic E-state index is -0.565. The van der Waals surface area contributed by atoms with Crippen LogP contribution >= 0.6 is 0 Å². The number of hydrogen-bond donors (Lipinski definition) is 1. The molecule has 0 bridgehead atoms. The van der Waals surface area contributed by atoms with Crippen LogP contribution < -0.4 is 24.3 Å². The van der Waals surface area contributed by atoms with Gasteiger partial charge in [0.05, 0.1) is 31.9 Å². The summed E-state index contributed by atoms with van der Waals surface area (Å²) in [6, 6.07) is 8.96. The van der Waals surface area contributed by atoms with Crippen LogP contribution in [0, 0.1) is 10.1 Å². The Labute approximate surface area is 149 Å². The minimum Gasteiger partial charge on any atom is -0.497 e. The molecule has 0 spiro atoms. The van der Waals surface area contributed by atoms with E-state index in [9.17, 15) is 14.9 Å². The first-order chi connectivity index (χ1) is 12.5. The molecule has 0 fully saturated rings. The Balaban J connectivity index is 2.04. The number of nitrogens with zero attached hydrogens (tertiary/aromatic N) is 1. The van der Waals surface area contributed by atoms with E-state index in [1.807, 2.05) is 0 Å². The molecule has 138 valence electrons. The fourth-order valence-electron chi connectivity index (χ4n) is 2.15. The van der Waals surface area contributed by atoms with Gasteiger partial charge in [-0.1, -0.05) is 0 Å². The fourth-order valence-corrected chi connectivity index (χ4v) is 2.15. The average molecular weight is 362 g/mol. The van der Waals surface area contributed by atoms with Crippen molar-refractivity contribution in [1.82, 2.24) is 0 Å². The van der Waals surface area contributed by atoms with Gasteiger partial charge in [-0.25, -0.2) is 0 Å². The summed E-state index contributed by atoms with van der Waals surface area (Å²) in [5.41, 5.74) is 0.243. The Bertz CT molecular complexity index is 808. The number of methoxy groups -OCH3 is 3. The van der Waals surface area contributed by atoms with Crippen molar-refractivity contribution in [1.29, 1.82) is 0 Å². The molecule has 9 nitrogen and oxygen atoms in total. The summed E-state index contributed by atoms with van der Waals surface area (Å²) in [4.78, 5) is 22.4. The molecule has 0 radical (unpaired) electrons. The monoisotopic (exact) mass is 362 g/mol. The largest absolute Gasteiger partial charge is 0.497 e. The molecule has 0 aliphatic heterocycles. The van der Waals surface area contributed by atoms with Gasteiger partial charge in [-0.2, -0.15) is 0 Å². The number of ether oxygens (including phenoxy) is 4. The molecule has 0 heterocycles. The highest BCUT2D eigenvalue weighted by molar-refractivity contribution is 5.93. The number of rotatable bonds is 8. The van der Waals surface area contributed by atoms with Crippen LogP contribution in [0.2, 0.25) is 0 Å². The van der Waals surface area contributed by atoms with Crippen LogP contribution in [-0.4, -0.2) is 38.8 Å². The lowest BCUT2D eigenvalue weighted by Crippen LogP contribution is -2.20. The van der Waals surface area contributed by atoms with Crippen molar-refractivity contribution in [2.75, 3.05) is 33.3 Å². The molecule has 2 aromatic rings. The number of nitrogens with one attached hydrogen (secondary N) is 1. The molecule has 0 saturated carbocycles. The Morgan fingerprint density at radius 2 is 1.69 bits per heavy atom. The maximum atomic E-state index is 12.1. The summed E-state index contributed by atoms with van der Waals surface area (Å²) in [7, 11) is 4.31. The standard InChI is InChI=1S/C17H18N2O7/c1-23-11-5-7-15(24-2)13(8-11)18-17(20)10-26-12-4-6-14(19(21)22)16(9-12)25-3/h4-9H,10H2,1-3H3,(H,18,20). The van der Waals surface area contributed by atoms with Gasteiger partial charge in [0.2, 0.25) is 5.75 Å². The van der Waals surface area contributed by atoms with Crippen molar-refractivity contribution in [2.45, 2.75) is 0 Å². The number of benzene rings is 2. The molecule has 0 aliphatic carbocycles. The Morgan fingerprint density at radius 1 is 1.00 bits per heavy atom. The molecule has 26 heavy (non-hydrogen) atoms. The third-order valence-corrected chi connectivity index (χ3v) is 3.40. The summed E-state index contributed by atoms with van der Waals surface area (Å²) in [5, 5.41) is 13.5. The predicted octanol–water partition coefficient (Wildman–Crippen LogP) is 2.64. The fraction of sp³-hybridized carbons (Fsp3) is 0.235. The second kappa shape index (κ2) is 8.56. The molecular formula is C17H18N2O7. The van der Waals surface area contributed by atoms with Crippen LogP contribution in [0.1, 0.15) is 0 Å². The van der Waals surface area contributed by atoms with Gasteiger partial charge < -0.3 is 24.3 Å². The Kier molecular flexibility index (Phi) is 6.20. The number of nitro benzene ring substituents is 1. The van der Waals surface area contributed by atoms with E-state index in [2.05, 4.69) is 5.32 Å². The molecule has 2 rings (SSSR count). The van der Waals surface area contributed by atoms with Crippen LogP contribution in [0.3, 0.4) is 0 Å². The zero-order valence-electron chi connectivity index (χ0n) is 14.5. The third kappa shape index (κ3) is 4.53. The maximum absolute atomic E-state index is 12.1. The summed E-state index contributed by atoms with van der Waals surface area (Å²) in [6.45, 7) is -0.304. The molecule has 0 unspecified atom stereocenters. The zero-order chi connectivity index (χ0) is 19.1. The van der Waals surface area contributed by atoms with E-state index in [1.165, 1.54) is 39.5 Å². The highest BCUT2D eigenvalue weighted by Gasteiger charge is 2.16. The van der Waals surface area contributed by atoms with Gasteiger partial charge in [-0.05, 0) is 18.2 Å². The summed E-state index contributed by atoms with van der Waals surface area (Å²) >= 11 is 0. The minimum absolute atomic E-state index is 0.0439. The Hall–Kier alpha value is -3.49. The number of amides is 1. The van der Waals surface area contributed by atoms with Crippen molar-refractivity contribution in [3.63, 3.8) is 0 Å². The predicted molar refractivity (Wildman–Crippen MR) is 93.3 cm³/mol. The van der Waals surface area contributed by atoms with Crippen LogP contribution in [0.4, 0.5) is 11.4 Å². The van der Waals surface area contributed by atoms with E-state index < -0.39 is 10.8 Å². The second-order valence-corrected chi connectivity index (χ2v) is 4.99. The Morgan fingerprint density at radius 3 is 2.31 bits per heavy atom. The average Bonchev–Trinajstić information content (AvgIpc) is 2.65. The van der Waals surface area contributed by atoms with E-state index in [0.717, 1.165) is 0 Å². The molecule has 0 aromatic heterocycles. The van der Waals surface area contributed by atoms with Crippen molar-refractivity contribution in [3.05, 3.63) is 46.5 Å². The first kappa shape index (κ1) is 18.8. The first-order valence-corrected chi connectivity index (χ1v) is 7.45. The third-order valence-electron chi connectivity index (χ3n) is 3.40. The smallest absolute Gasteiger partial charge is 0.311 e. The van der Waals surface area contributed by atoms with Gasteiger partial charge in [0.1, 0.15) is 17.2 Å². The van der Waals surface area contributed by atoms with Gasteiger partial charge >= 0.3 is 5.69 Å². The van der Waals surface area contributed by atoms with Gasteiger partial charge in [0.15, 0.2) is 6.61 Å². The van der Waals surface area contributed by atoms with Crippen LogP contribution in [-0.2, 0) is 4.79 Å². The van der Waals surface area contributed by atoms with E-state index in [1.54, 1.807) is 18.2 Å². The summed E-state index contributed by atoms with van der Waals surface area (Å²) < 4.78 is 20.6. The normalized spacial score (nSPS) is 9.96. The zero-order valence-corrected chi connectivity index (χ0v) is 14.5. The second-order valence-electron chi connectivity index (χ2n) is 4.99. The summed E-state index contributed by atoms with van der Waals surface area (Å²) in [6.07, 6.45) is 0. The maximum Gasteiger partial charge on any atom is 0.311 e. The highest BCUT2D eigenvalue weighted by Crippen LogP contribution is 2.31. The topological polar surface area (TPSA) is 109 Å². The summed E-state index contributed by atoms with van der Waals surface area (Å²) in [5.74, 6) is 0.898. The molecule has 2 aromatic carbocycles. The molecule has 1 amide bonds. The van der Waals surface area contributed by atoms with E-state index in [-0.39, 0.29) is 23.8 Å². The van der Waals surface area contributed by atoms with Crippen molar-refractivity contribution < 1.29 is 28.7 Å². The molecule has 0 aliphatic rings. The molecule has 9 heteroatoms. The van der Waals surface area contributed by atoms with E-state index in [4.69, 9.17) is 18.9 Å². The number of carbonyl (C=O) groups is 1. The lowest BCUT2D eigenvalue weighted by molar-refractivity contribution is -0.385. The van der Waals surface area contributed by atoms with Gasteiger partial charge in [-0.15, -0.1) is 0 Å². The molecule has 1 N–H and O–H groups in total. The molecule has 0 saturated heterocycles. The number of nitro groups is 1. The van der Waals surface area contributed by atoms with Crippen molar-refractivity contribution in [3.8, 4) is 23.0 Å². The number of hydrogen-bond acceptors (Lipinski definition) is 7. The molecular weight excluding hydrogens is 344 g/mol. The van der Waals surface area contributed by atoms with Gasteiger partial charge in [0.25, 0.3) is 5.91 Å². The van der Waals surface area contributed by atoms with E-state index >= 15 is 0 Å². The van der Waals surface area contributed by atoms with Crippen LogP contribution in [0.25, 0.3) is 0 Å². The van der Waals surface area contributed by atoms with Gasteiger partial charge in [-0.3, -0.25) is 14.9 Å². The SMILES string of the molecule is COc1ccc(OC)c(NC(=O)COc2ccc([N+](=O)[O-])c(OC)c2)c1. The highest BCUT2D eigenvalue weighted by atomic mass is 16.6. The van der Waals surface area contributed by atoms with Crippen molar-refractivity contribution in [2.24, 2.45) is 0 Å². The number of carbonyl (C=O) groups excluding carboxylic acids is 1. The number of anilines is 1. The first-order valence-electron chi connectivity index (χ1n) is 7.45. The van der Waals surface area contributed by atoms with Crippen LogP contribution in [0.15, 0.2) is 36.4 Å². The van der Waals surface area contributed by atoms with Gasteiger partial charge in [0, 0.05) is 18.2 Å². The lowest BCUT2D eigenvalue weighted by atomic mass is 10.2. The quantitative estimate of drug-likeness (QED) is 0.568. The van der Waals surface area contributed by atoms with Crippen molar-refractivity contribution >= 4 is 17.3 Å².